The van der Waals surface area contributed by atoms with Crippen LogP contribution in [0.1, 0.15) is 21.6 Å². The summed E-state index contributed by atoms with van der Waals surface area (Å²) in [7, 11) is 0. The lowest BCUT2D eigenvalue weighted by Crippen LogP contribution is -2.02. The lowest BCUT2D eigenvalue weighted by molar-refractivity contribution is 0.0697. The number of aryl methyl sites for hydroxylation is 2. The number of aromatic nitrogens is 3. The van der Waals surface area contributed by atoms with Crippen molar-refractivity contribution in [3.63, 3.8) is 0 Å². The Morgan fingerprint density at radius 3 is 2.67 bits per heavy atom. The van der Waals surface area contributed by atoms with Crippen LogP contribution in [0.3, 0.4) is 0 Å². The van der Waals surface area contributed by atoms with Crippen LogP contribution in [-0.4, -0.2) is 25.8 Å². The fourth-order valence-electron chi connectivity index (χ4n) is 2.33. The van der Waals surface area contributed by atoms with Crippen molar-refractivity contribution in [1.29, 1.82) is 0 Å². The zero-order valence-corrected chi connectivity index (χ0v) is 12.2. The second-order valence-corrected chi connectivity index (χ2v) is 5.15. The Bertz CT molecular complexity index is 871. The van der Waals surface area contributed by atoms with Gasteiger partial charge in [-0.3, -0.25) is 0 Å². The molecule has 21 heavy (non-hydrogen) atoms. The highest BCUT2D eigenvalue weighted by Gasteiger charge is 2.19. The van der Waals surface area contributed by atoms with Gasteiger partial charge in [0.25, 0.3) is 0 Å². The van der Waals surface area contributed by atoms with Crippen LogP contribution in [0.25, 0.3) is 16.7 Å². The van der Waals surface area contributed by atoms with Gasteiger partial charge in [0.15, 0.2) is 5.65 Å². The summed E-state index contributed by atoms with van der Waals surface area (Å²) in [4.78, 5) is 15.4. The Morgan fingerprint density at radius 2 is 2.00 bits per heavy atom. The van der Waals surface area contributed by atoms with E-state index >= 15 is 0 Å². The van der Waals surface area contributed by atoms with Crippen LogP contribution in [0.4, 0.5) is 0 Å². The van der Waals surface area contributed by atoms with E-state index in [0.29, 0.717) is 16.7 Å². The molecule has 2 heterocycles. The quantitative estimate of drug-likeness (QED) is 0.788. The van der Waals surface area contributed by atoms with Gasteiger partial charge in [-0.15, -0.1) is 0 Å². The Morgan fingerprint density at radius 1 is 1.29 bits per heavy atom. The van der Waals surface area contributed by atoms with Gasteiger partial charge < -0.3 is 5.11 Å². The summed E-state index contributed by atoms with van der Waals surface area (Å²) >= 11 is 6.21. The monoisotopic (exact) mass is 301 g/mol. The van der Waals surface area contributed by atoms with Crippen molar-refractivity contribution in [1.82, 2.24) is 14.8 Å². The van der Waals surface area contributed by atoms with Crippen LogP contribution in [0, 0.1) is 13.8 Å². The van der Waals surface area contributed by atoms with E-state index in [2.05, 4.69) is 10.1 Å². The standard InChI is InChI=1S/C15H12ClN3O2/c1-8-5-3-4-6-11(8)19-14-12(9(2)18-19)13(16)10(7-17-14)15(20)21/h3-7H,1-2H3,(H,20,21). The van der Waals surface area contributed by atoms with Crippen molar-refractivity contribution in [2.24, 2.45) is 0 Å². The van der Waals surface area contributed by atoms with Crippen molar-refractivity contribution in [3.05, 3.63) is 52.3 Å². The molecule has 1 N–H and O–H groups in total. The maximum atomic E-state index is 11.2. The van der Waals surface area contributed by atoms with Crippen molar-refractivity contribution < 1.29 is 9.90 Å². The maximum Gasteiger partial charge on any atom is 0.338 e. The summed E-state index contributed by atoms with van der Waals surface area (Å²) in [5.74, 6) is -1.10. The zero-order chi connectivity index (χ0) is 15.1. The molecule has 3 rings (SSSR count). The summed E-state index contributed by atoms with van der Waals surface area (Å²) in [6.07, 6.45) is 1.27. The van der Waals surface area contributed by atoms with Gasteiger partial charge in [0, 0.05) is 6.20 Å². The predicted molar refractivity (Wildman–Crippen MR) is 80.3 cm³/mol. The lowest BCUT2D eigenvalue weighted by atomic mass is 10.2. The highest BCUT2D eigenvalue weighted by molar-refractivity contribution is 6.38. The minimum absolute atomic E-state index is 0.0170. The number of pyridine rings is 1. The average Bonchev–Trinajstić information content (AvgIpc) is 2.77. The number of rotatable bonds is 2. The minimum atomic E-state index is -1.10. The lowest BCUT2D eigenvalue weighted by Gasteiger charge is -2.06. The first kappa shape index (κ1) is 13.6. The predicted octanol–water partition coefficient (Wildman–Crippen LogP) is 3.39. The highest BCUT2D eigenvalue weighted by atomic mass is 35.5. The molecule has 0 saturated heterocycles. The smallest absolute Gasteiger partial charge is 0.338 e. The van der Waals surface area contributed by atoms with E-state index < -0.39 is 5.97 Å². The van der Waals surface area contributed by atoms with Crippen LogP contribution < -0.4 is 0 Å². The van der Waals surface area contributed by atoms with E-state index in [1.807, 2.05) is 31.2 Å². The third-order valence-corrected chi connectivity index (χ3v) is 3.77. The second-order valence-electron chi connectivity index (χ2n) is 4.77. The van der Waals surface area contributed by atoms with E-state index in [9.17, 15) is 4.79 Å². The molecule has 0 aliphatic rings. The Hall–Kier alpha value is -2.40. The molecule has 0 atom stereocenters. The van der Waals surface area contributed by atoms with Crippen LogP contribution in [0.15, 0.2) is 30.5 Å². The number of benzene rings is 1. The molecule has 0 saturated carbocycles. The molecular formula is C15H12ClN3O2. The molecule has 0 radical (unpaired) electrons. The summed E-state index contributed by atoms with van der Waals surface area (Å²) < 4.78 is 1.69. The summed E-state index contributed by atoms with van der Waals surface area (Å²) in [6, 6.07) is 7.77. The number of halogens is 1. The zero-order valence-electron chi connectivity index (χ0n) is 11.5. The number of carbonyl (C=O) groups is 1. The van der Waals surface area contributed by atoms with Gasteiger partial charge >= 0.3 is 5.97 Å². The van der Waals surface area contributed by atoms with Gasteiger partial charge in [-0.2, -0.15) is 5.10 Å². The number of carboxylic acids is 1. The van der Waals surface area contributed by atoms with Gasteiger partial charge in [-0.1, -0.05) is 29.8 Å². The van der Waals surface area contributed by atoms with E-state index in [-0.39, 0.29) is 10.6 Å². The number of carboxylic acid groups (broad SMARTS) is 1. The molecule has 6 heteroatoms. The molecule has 0 fully saturated rings. The van der Waals surface area contributed by atoms with E-state index in [4.69, 9.17) is 16.7 Å². The van der Waals surface area contributed by atoms with E-state index in [0.717, 1.165) is 11.3 Å². The van der Waals surface area contributed by atoms with Gasteiger partial charge in [0.1, 0.15) is 0 Å². The third kappa shape index (κ3) is 2.06. The molecule has 5 nitrogen and oxygen atoms in total. The molecule has 0 unspecified atom stereocenters. The van der Waals surface area contributed by atoms with E-state index in [1.54, 1.807) is 11.6 Å². The fraction of sp³-hybridized carbons (Fsp3) is 0.133. The number of fused-ring (bicyclic) bond motifs is 1. The van der Waals surface area contributed by atoms with Crippen LogP contribution in [0.5, 0.6) is 0 Å². The molecule has 0 spiro atoms. The van der Waals surface area contributed by atoms with E-state index in [1.165, 1.54) is 6.20 Å². The second kappa shape index (κ2) is 4.86. The molecule has 0 aliphatic heterocycles. The van der Waals surface area contributed by atoms with Crippen LogP contribution >= 0.6 is 11.6 Å². The Balaban J connectivity index is 2.36. The molecule has 0 amide bonds. The van der Waals surface area contributed by atoms with Crippen molar-refractivity contribution in [2.75, 3.05) is 0 Å². The van der Waals surface area contributed by atoms with Crippen LogP contribution in [0.2, 0.25) is 5.02 Å². The SMILES string of the molecule is Cc1ccccc1-n1nc(C)c2c(Cl)c(C(=O)O)cnc21. The first-order valence-electron chi connectivity index (χ1n) is 6.34. The number of nitrogens with zero attached hydrogens (tertiary/aromatic N) is 3. The maximum absolute atomic E-state index is 11.2. The Labute approximate surface area is 125 Å². The largest absolute Gasteiger partial charge is 0.478 e. The summed E-state index contributed by atoms with van der Waals surface area (Å²) in [6.45, 7) is 3.77. The topological polar surface area (TPSA) is 68.0 Å². The Kier molecular flexibility index (Phi) is 3.14. The number of hydrogen-bond donors (Lipinski definition) is 1. The summed E-state index contributed by atoms with van der Waals surface area (Å²) in [5.41, 5.74) is 3.12. The highest BCUT2D eigenvalue weighted by Crippen LogP contribution is 2.30. The van der Waals surface area contributed by atoms with Crippen molar-refractivity contribution in [2.45, 2.75) is 13.8 Å². The number of para-hydroxylation sites is 1. The molecule has 0 bridgehead atoms. The molecular weight excluding hydrogens is 290 g/mol. The van der Waals surface area contributed by atoms with Gasteiger partial charge in [0.05, 0.1) is 27.4 Å². The fourth-order valence-corrected chi connectivity index (χ4v) is 2.68. The average molecular weight is 302 g/mol. The molecule has 2 aromatic heterocycles. The first-order valence-corrected chi connectivity index (χ1v) is 6.71. The molecule has 0 aliphatic carbocycles. The van der Waals surface area contributed by atoms with Crippen LogP contribution in [-0.2, 0) is 0 Å². The molecule has 1 aromatic carbocycles. The van der Waals surface area contributed by atoms with Gasteiger partial charge in [-0.05, 0) is 25.5 Å². The number of hydrogen-bond acceptors (Lipinski definition) is 3. The van der Waals surface area contributed by atoms with Gasteiger partial charge in [-0.25, -0.2) is 14.5 Å². The third-order valence-electron chi connectivity index (χ3n) is 3.38. The van der Waals surface area contributed by atoms with Crippen molar-refractivity contribution >= 4 is 28.6 Å². The summed E-state index contributed by atoms with van der Waals surface area (Å²) in [5, 5.41) is 14.3. The minimum Gasteiger partial charge on any atom is -0.478 e. The number of aromatic carboxylic acids is 1. The molecule has 3 aromatic rings. The van der Waals surface area contributed by atoms with Gasteiger partial charge in [0.2, 0.25) is 0 Å². The molecule has 106 valence electrons. The normalized spacial score (nSPS) is 11.0. The van der Waals surface area contributed by atoms with Crippen molar-refractivity contribution in [3.8, 4) is 5.69 Å². The first-order chi connectivity index (χ1) is 10.0.